The number of hydrogen-bond acceptors (Lipinski definition) is 2. The molecule has 1 fully saturated rings. The summed E-state index contributed by atoms with van der Waals surface area (Å²) in [5, 5.41) is 11.6. The Labute approximate surface area is 121 Å². The summed E-state index contributed by atoms with van der Waals surface area (Å²) in [6.45, 7) is 2.20. The molecule has 1 heterocycles. The van der Waals surface area contributed by atoms with Gasteiger partial charge in [-0.1, -0.05) is 13.3 Å². The number of aliphatic carboxylic acids is 1. The van der Waals surface area contributed by atoms with Gasteiger partial charge in [-0.15, -0.1) is 11.3 Å². The molecular weight excluding hydrogens is 312 g/mol. The summed E-state index contributed by atoms with van der Waals surface area (Å²) >= 11 is 5.16. The van der Waals surface area contributed by atoms with E-state index in [2.05, 4.69) is 22.9 Å². The Morgan fingerprint density at radius 3 is 2.67 bits per heavy atom. The van der Waals surface area contributed by atoms with Gasteiger partial charge in [0.05, 0.1) is 5.41 Å². The Morgan fingerprint density at radius 1 is 1.56 bits per heavy atom. The molecule has 1 aromatic rings. The van der Waals surface area contributed by atoms with E-state index in [4.69, 9.17) is 0 Å². The zero-order valence-corrected chi connectivity index (χ0v) is 13.0. The maximum atomic E-state index is 11.7. The summed E-state index contributed by atoms with van der Waals surface area (Å²) in [6, 6.07) is 2.01. The number of hydrogen-bond donors (Lipinski definition) is 1. The van der Waals surface area contributed by atoms with E-state index in [1.54, 1.807) is 11.3 Å². The molecule has 2 nitrogen and oxygen atoms in total. The highest BCUT2D eigenvalue weighted by atomic mass is 79.9. The third-order valence-electron chi connectivity index (χ3n) is 4.28. The minimum Gasteiger partial charge on any atom is -0.481 e. The van der Waals surface area contributed by atoms with Crippen molar-refractivity contribution >= 4 is 33.2 Å². The number of halogens is 1. The monoisotopic (exact) mass is 330 g/mol. The summed E-state index contributed by atoms with van der Waals surface area (Å²) in [7, 11) is 0. The van der Waals surface area contributed by atoms with Gasteiger partial charge in [-0.3, -0.25) is 4.79 Å². The van der Waals surface area contributed by atoms with Gasteiger partial charge in [-0.25, -0.2) is 0 Å². The molecule has 4 heteroatoms. The maximum absolute atomic E-state index is 11.7. The molecule has 0 saturated heterocycles. The van der Waals surface area contributed by atoms with Crippen molar-refractivity contribution in [3.05, 3.63) is 20.8 Å². The Kier molecular flexibility index (Phi) is 4.49. The largest absolute Gasteiger partial charge is 0.481 e. The fourth-order valence-corrected chi connectivity index (χ4v) is 4.50. The third-order valence-corrected chi connectivity index (χ3v) is 6.21. The first-order valence-electron chi connectivity index (χ1n) is 6.52. The van der Waals surface area contributed by atoms with Crippen LogP contribution in [-0.4, -0.2) is 11.1 Å². The lowest BCUT2D eigenvalue weighted by Crippen LogP contribution is -2.37. The van der Waals surface area contributed by atoms with Gasteiger partial charge in [0.25, 0.3) is 0 Å². The smallest absolute Gasteiger partial charge is 0.309 e. The van der Waals surface area contributed by atoms with Crippen molar-refractivity contribution in [2.45, 2.75) is 45.4 Å². The summed E-state index contributed by atoms with van der Waals surface area (Å²) < 4.78 is 1.06. The normalized spacial score (nSPS) is 28.2. The van der Waals surface area contributed by atoms with E-state index in [1.165, 1.54) is 11.3 Å². The average Bonchev–Trinajstić information content (AvgIpc) is 2.75. The van der Waals surface area contributed by atoms with Gasteiger partial charge < -0.3 is 5.11 Å². The highest BCUT2D eigenvalue weighted by Gasteiger charge is 2.42. The lowest BCUT2D eigenvalue weighted by Gasteiger charge is -2.36. The van der Waals surface area contributed by atoms with Crippen LogP contribution in [0, 0.1) is 11.3 Å². The lowest BCUT2D eigenvalue weighted by molar-refractivity contribution is -0.151. The second kappa shape index (κ2) is 5.74. The molecule has 1 aliphatic carbocycles. The van der Waals surface area contributed by atoms with Gasteiger partial charge in [0.1, 0.15) is 0 Å². The van der Waals surface area contributed by atoms with Crippen molar-refractivity contribution in [2.75, 3.05) is 0 Å². The first kappa shape index (κ1) is 14.1. The first-order valence-corrected chi connectivity index (χ1v) is 8.20. The predicted molar refractivity (Wildman–Crippen MR) is 78.0 cm³/mol. The Bertz CT molecular complexity index is 419. The Morgan fingerprint density at radius 2 is 2.22 bits per heavy atom. The minimum atomic E-state index is -0.614. The predicted octanol–water partition coefficient (Wildman–Crippen LogP) is 4.72. The topological polar surface area (TPSA) is 37.3 Å². The molecule has 0 unspecified atom stereocenters. The van der Waals surface area contributed by atoms with Gasteiger partial charge in [-0.05, 0) is 65.4 Å². The van der Waals surface area contributed by atoms with Crippen LogP contribution in [0.3, 0.4) is 0 Å². The number of carbonyl (C=O) groups is 1. The van der Waals surface area contributed by atoms with Crippen molar-refractivity contribution in [3.8, 4) is 0 Å². The van der Waals surface area contributed by atoms with Crippen LogP contribution < -0.4 is 0 Å². The van der Waals surface area contributed by atoms with Crippen molar-refractivity contribution in [2.24, 2.45) is 11.3 Å². The van der Waals surface area contributed by atoms with Crippen LogP contribution in [0.5, 0.6) is 0 Å². The average molecular weight is 331 g/mol. The van der Waals surface area contributed by atoms with E-state index in [9.17, 15) is 9.90 Å². The van der Waals surface area contributed by atoms with Crippen LogP contribution in [0.25, 0.3) is 0 Å². The molecule has 0 aliphatic heterocycles. The van der Waals surface area contributed by atoms with Gasteiger partial charge in [0.15, 0.2) is 0 Å². The maximum Gasteiger partial charge on any atom is 0.309 e. The van der Waals surface area contributed by atoms with Crippen LogP contribution in [-0.2, 0) is 11.2 Å². The van der Waals surface area contributed by atoms with Gasteiger partial charge in [-0.2, -0.15) is 0 Å². The lowest BCUT2D eigenvalue weighted by atomic mass is 9.68. The van der Waals surface area contributed by atoms with E-state index in [0.29, 0.717) is 6.42 Å². The highest BCUT2D eigenvalue weighted by Crippen LogP contribution is 2.44. The molecule has 1 N–H and O–H groups in total. The Balaban J connectivity index is 2.14. The molecule has 0 atom stereocenters. The molecule has 0 spiro atoms. The molecular formula is C14H19BrO2S. The summed E-state index contributed by atoms with van der Waals surface area (Å²) in [4.78, 5) is 12.9. The molecule has 0 radical (unpaired) electrons. The highest BCUT2D eigenvalue weighted by molar-refractivity contribution is 9.10. The summed E-state index contributed by atoms with van der Waals surface area (Å²) in [5.74, 6) is 0.113. The van der Waals surface area contributed by atoms with Crippen LogP contribution in [0.4, 0.5) is 0 Å². The number of carboxylic acid groups (broad SMARTS) is 1. The standard InChI is InChI=1S/C14H19BrO2S/c1-2-10-3-6-14(7-4-10,13(16)17)9-12-11(15)5-8-18-12/h5,8,10H,2-4,6-7,9H2,1H3,(H,16,17). The molecule has 1 aromatic heterocycles. The molecule has 18 heavy (non-hydrogen) atoms. The molecule has 100 valence electrons. The first-order chi connectivity index (χ1) is 8.57. The second-order valence-electron chi connectivity index (χ2n) is 5.31. The van der Waals surface area contributed by atoms with Crippen molar-refractivity contribution < 1.29 is 9.90 Å². The molecule has 0 aromatic carbocycles. The molecule has 0 amide bonds. The van der Waals surface area contributed by atoms with Gasteiger partial charge >= 0.3 is 5.97 Å². The van der Waals surface area contributed by atoms with E-state index in [1.807, 2.05) is 11.4 Å². The van der Waals surface area contributed by atoms with E-state index in [0.717, 1.165) is 36.1 Å². The van der Waals surface area contributed by atoms with Crippen LogP contribution in [0.2, 0.25) is 0 Å². The zero-order valence-electron chi connectivity index (χ0n) is 10.6. The van der Waals surface area contributed by atoms with Crippen LogP contribution >= 0.6 is 27.3 Å². The number of carboxylic acids is 1. The van der Waals surface area contributed by atoms with E-state index in [-0.39, 0.29) is 0 Å². The minimum absolute atomic E-state index is 0.529. The van der Waals surface area contributed by atoms with E-state index >= 15 is 0 Å². The van der Waals surface area contributed by atoms with E-state index < -0.39 is 11.4 Å². The molecule has 0 bridgehead atoms. The fraction of sp³-hybridized carbons (Fsp3) is 0.643. The fourth-order valence-electron chi connectivity index (χ4n) is 2.86. The third kappa shape index (κ3) is 2.80. The van der Waals surface area contributed by atoms with Crippen LogP contribution in [0.15, 0.2) is 15.9 Å². The van der Waals surface area contributed by atoms with Crippen molar-refractivity contribution in [1.29, 1.82) is 0 Å². The van der Waals surface area contributed by atoms with Gasteiger partial charge in [0, 0.05) is 9.35 Å². The Hall–Kier alpha value is -0.350. The van der Waals surface area contributed by atoms with Crippen LogP contribution in [0.1, 0.15) is 43.9 Å². The quantitative estimate of drug-likeness (QED) is 0.866. The van der Waals surface area contributed by atoms with Crippen molar-refractivity contribution in [1.82, 2.24) is 0 Å². The van der Waals surface area contributed by atoms with Crippen molar-refractivity contribution in [3.63, 3.8) is 0 Å². The number of rotatable bonds is 4. The summed E-state index contributed by atoms with van der Waals surface area (Å²) in [5.41, 5.74) is -0.529. The zero-order chi connectivity index (χ0) is 13.2. The second-order valence-corrected chi connectivity index (χ2v) is 7.16. The van der Waals surface area contributed by atoms with Gasteiger partial charge in [0.2, 0.25) is 0 Å². The molecule has 1 saturated carbocycles. The SMILES string of the molecule is CCC1CCC(Cc2sccc2Br)(C(=O)O)CC1. The summed E-state index contributed by atoms with van der Waals surface area (Å²) in [6.07, 6.45) is 5.63. The number of thiophene rings is 1. The molecule has 1 aliphatic rings. The molecule has 2 rings (SSSR count).